The van der Waals surface area contributed by atoms with E-state index in [1.54, 1.807) is 36.8 Å². The van der Waals surface area contributed by atoms with E-state index in [0.29, 0.717) is 11.3 Å². The molecule has 2 aromatic heterocycles. The van der Waals surface area contributed by atoms with E-state index in [1.165, 1.54) is 0 Å². The van der Waals surface area contributed by atoms with Gasteiger partial charge in [0.15, 0.2) is 16.0 Å². The third kappa shape index (κ3) is 3.47. The highest BCUT2D eigenvalue weighted by atomic mass is 32.2. The average molecular weight is 337 g/mol. The zero-order valence-electron chi connectivity index (χ0n) is 12.6. The van der Waals surface area contributed by atoms with Gasteiger partial charge in [-0.05, 0) is 24.3 Å². The molecule has 0 spiro atoms. The average Bonchev–Trinajstić information content (AvgIpc) is 2.63. The minimum atomic E-state index is -1.74. The van der Waals surface area contributed by atoms with Crippen LogP contribution in [-0.2, 0) is 11.0 Å². The van der Waals surface area contributed by atoms with Gasteiger partial charge in [0.25, 0.3) is 0 Å². The Labute approximate surface area is 141 Å². The smallest absolute Gasteiger partial charge is 0.169 e. The highest BCUT2D eigenvalue weighted by Gasteiger charge is 2.16. The molecule has 0 bridgehead atoms. The molecule has 1 unspecified atom stereocenters. The molecule has 3 aromatic rings. The van der Waals surface area contributed by atoms with E-state index in [4.69, 9.17) is 11.1 Å². The molecule has 4 N–H and O–H groups in total. The summed E-state index contributed by atoms with van der Waals surface area (Å²) in [5, 5.41) is 8.06. The van der Waals surface area contributed by atoms with Gasteiger partial charge < -0.3 is 5.73 Å². The SMILES string of the molecule is N=C(c1cc(-c2cccnc2)cnc1N)S(=O)Nc1ccccc1. The number of hydrogen-bond donors (Lipinski definition) is 3. The van der Waals surface area contributed by atoms with Crippen molar-refractivity contribution in [1.82, 2.24) is 9.97 Å². The minimum absolute atomic E-state index is 0.130. The number of nitrogens with one attached hydrogen (secondary N) is 2. The molecule has 7 heteroatoms. The molecule has 0 aliphatic heterocycles. The first kappa shape index (κ1) is 15.8. The van der Waals surface area contributed by atoms with E-state index >= 15 is 0 Å². The third-order valence-corrected chi connectivity index (χ3v) is 4.34. The van der Waals surface area contributed by atoms with Crippen molar-refractivity contribution in [1.29, 1.82) is 5.41 Å². The molecule has 1 aromatic carbocycles. The molecule has 6 nitrogen and oxygen atoms in total. The minimum Gasteiger partial charge on any atom is -0.383 e. The molecule has 3 rings (SSSR count). The lowest BCUT2D eigenvalue weighted by Crippen LogP contribution is -2.18. The maximum Gasteiger partial charge on any atom is 0.169 e. The Morgan fingerprint density at radius 1 is 1.08 bits per heavy atom. The van der Waals surface area contributed by atoms with E-state index < -0.39 is 11.0 Å². The van der Waals surface area contributed by atoms with Gasteiger partial charge in [-0.2, -0.15) is 0 Å². The number of benzene rings is 1. The van der Waals surface area contributed by atoms with Crippen molar-refractivity contribution in [3.63, 3.8) is 0 Å². The lowest BCUT2D eigenvalue weighted by molar-refractivity contribution is 0.692. The fraction of sp³-hybridized carbons (Fsp3) is 0. The molecule has 0 aliphatic carbocycles. The number of pyridine rings is 2. The van der Waals surface area contributed by atoms with Gasteiger partial charge >= 0.3 is 0 Å². The van der Waals surface area contributed by atoms with Gasteiger partial charge in [0.2, 0.25) is 0 Å². The van der Waals surface area contributed by atoms with Gasteiger partial charge in [-0.3, -0.25) is 15.1 Å². The van der Waals surface area contributed by atoms with Crippen LogP contribution in [0.25, 0.3) is 11.1 Å². The lowest BCUT2D eigenvalue weighted by Gasteiger charge is -2.10. The van der Waals surface area contributed by atoms with Crippen LogP contribution in [-0.4, -0.2) is 19.2 Å². The fourth-order valence-electron chi connectivity index (χ4n) is 2.11. The van der Waals surface area contributed by atoms with Crippen molar-refractivity contribution < 1.29 is 4.21 Å². The summed E-state index contributed by atoms with van der Waals surface area (Å²) < 4.78 is 15.2. The molecule has 0 radical (unpaired) electrons. The van der Waals surface area contributed by atoms with Crippen LogP contribution in [0.2, 0.25) is 0 Å². The second kappa shape index (κ2) is 7.01. The summed E-state index contributed by atoms with van der Waals surface area (Å²) in [7, 11) is -1.74. The van der Waals surface area contributed by atoms with Crippen molar-refractivity contribution in [3.05, 3.63) is 72.7 Å². The van der Waals surface area contributed by atoms with Gasteiger partial charge in [0, 0.05) is 35.4 Å². The number of anilines is 2. The molecular weight excluding hydrogens is 322 g/mol. The summed E-state index contributed by atoms with van der Waals surface area (Å²) in [5.74, 6) is 0.163. The highest BCUT2D eigenvalue weighted by molar-refractivity contribution is 8.02. The number of nitrogen functional groups attached to an aromatic ring is 1. The second-order valence-electron chi connectivity index (χ2n) is 4.96. The Kier molecular flexibility index (Phi) is 4.62. The molecule has 0 amide bonds. The standard InChI is InChI=1S/C17H15N5OS/c18-16-15(9-13(11-21-16)12-5-4-8-20-10-12)17(19)24(23)22-14-6-2-1-3-7-14/h1-11,19,22H,(H2,18,21). The normalized spacial score (nSPS) is 11.7. The third-order valence-electron chi connectivity index (χ3n) is 3.33. The van der Waals surface area contributed by atoms with Crippen LogP contribution < -0.4 is 10.5 Å². The van der Waals surface area contributed by atoms with Crippen molar-refractivity contribution in [2.75, 3.05) is 10.5 Å². The maximum atomic E-state index is 12.4. The molecule has 0 saturated heterocycles. The van der Waals surface area contributed by atoms with E-state index in [2.05, 4.69) is 14.7 Å². The molecule has 0 fully saturated rings. The summed E-state index contributed by atoms with van der Waals surface area (Å²) in [6, 6.07) is 14.4. The zero-order chi connectivity index (χ0) is 16.9. The van der Waals surface area contributed by atoms with Gasteiger partial charge in [0.05, 0.1) is 5.56 Å². The van der Waals surface area contributed by atoms with Crippen molar-refractivity contribution in [3.8, 4) is 11.1 Å². The summed E-state index contributed by atoms with van der Waals surface area (Å²) in [5.41, 5.74) is 8.47. The largest absolute Gasteiger partial charge is 0.383 e. The molecule has 1 atom stereocenters. The number of rotatable bonds is 4. The number of aromatic nitrogens is 2. The van der Waals surface area contributed by atoms with Gasteiger partial charge in [-0.25, -0.2) is 9.19 Å². The quantitative estimate of drug-likeness (QED) is 0.503. The summed E-state index contributed by atoms with van der Waals surface area (Å²) in [6.45, 7) is 0. The highest BCUT2D eigenvalue weighted by Crippen LogP contribution is 2.22. The fourth-order valence-corrected chi connectivity index (χ4v) is 2.93. The molecule has 120 valence electrons. The van der Waals surface area contributed by atoms with E-state index in [9.17, 15) is 4.21 Å². The van der Waals surface area contributed by atoms with E-state index in [-0.39, 0.29) is 10.9 Å². The van der Waals surface area contributed by atoms with Crippen LogP contribution in [0.4, 0.5) is 11.5 Å². The van der Waals surface area contributed by atoms with Gasteiger partial charge in [-0.1, -0.05) is 24.3 Å². The van der Waals surface area contributed by atoms with E-state index in [1.807, 2.05) is 30.3 Å². The Morgan fingerprint density at radius 3 is 2.58 bits per heavy atom. The summed E-state index contributed by atoms with van der Waals surface area (Å²) in [6.07, 6.45) is 4.98. The van der Waals surface area contributed by atoms with E-state index in [0.717, 1.165) is 11.1 Å². The Hall–Kier alpha value is -3.06. The predicted octanol–water partition coefficient (Wildman–Crippen LogP) is 2.83. The lowest BCUT2D eigenvalue weighted by atomic mass is 10.1. The summed E-state index contributed by atoms with van der Waals surface area (Å²) >= 11 is 0. The van der Waals surface area contributed by atoms with Crippen molar-refractivity contribution in [2.45, 2.75) is 0 Å². The predicted molar refractivity (Wildman–Crippen MR) is 96.9 cm³/mol. The van der Waals surface area contributed by atoms with Gasteiger partial charge in [0.1, 0.15) is 5.82 Å². The molecule has 0 aliphatic rings. The Balaban J connectivity index is 1.88. The first-order valence-electron chi connectivity index (χ1n) is 7.13. The first-order valence-corrected chi connectivity index (χ1v) is 8.28. The zero-order valence-corrected chi connectivity index (χ0v) is 13.5. The van der Waals surface area contributed by atoms with Gasteiger partial charge in [-0.15, -0.1) is 0 Å². The van der Waals surface area contributed by atoms with Crippen LogP contribution in [0.1, 0.15) is 5.56 Å². The van der Waals surface area contributed by atoms with Crippen LogP contribution in [0.3, 0.4) is 0 Å². The maximum absolute atomic E-state index is 12.4. The summed E-state index contributed by atoms with van der Waals surface area (Å²) in [4.78, 5) is 8.18. The molecular formula is C17H15N5OS. The molecule has 2 heterocycles. The van der Waals surface area contributed by atoms with Crippen molar-refractivity contribution in [2.24, 2.45) is 0 Å². The van der Waals surface area contributed by atoms with Crippen molar-refractivity contribution >= 4 is 27.5 Å². The van der Waals surface area contributed by atoms with Crippen LogP contribution >= 0.6 is 0 Å². The monoisotopic (exact) mass is 337 g/mol. The number of para-hydroxylation sites is 1. The Morgan fingerprint density at radius 2 is 1.88 bits per heavy atom. The Bertz CT molecular complexity index is 884. The first-order chi connectivity index (χ1) is 11.6. The van der Waals surface area contributed by atoms with Crippen LogP contribution in [0.5, 0.6) is 0 Å². The number of nitrogens with two attached hydrogens (primary N) is 1. The second-order valence-corrected chi connectivity index (χ2v) is 6.11. The number of nitrogens with zero attached hydrogens (tertiary/aromatic N) is 2. The number of hydrogen-bond acceptors (Lipinski definition) is 5. The topological polar surface area (TPSA) is 105 Å². The van der Waals surface area contributed by atoms with Crippen LogP contribution in [0, 0.1) is 5.41 Å². The van der Waals surface area contributed by atoms with Crippen LogP contribution in [0.15, 0.2) is 67.1 Å². The molecule has 0 saturated carbocycles. The molecule has 24 heavy (non-hydrogen) atoms.